The average molecular weight is 933 g/mol. The smallest absolute Gasteiger partial charge is 0.306 e. The Balaban J connectivity index is 4.46. The second kappa shape index (κ2) is 55.2. The fourth-order valence-corrected chi connectivity index (χ4v) is 7.63. The Morgan fingerprint density at radius 3 is 0.955 bits per heavy atom. The quantitative estimate of drug-likeness (QED) is 0.0262. The monoisotopic (exact) mass is 933 g/mol. The largest absolute Gasteiger partial charge is 0.462 e. The van der Waals surface area contributed by atoms with Gasteiger partial charge in [-0.05, 0) is 116 Å². The minimum absolute atomic E-state index is 0.0947. The molecule has 384 valence electrons. The topological polar surface area (TPSA) is 78.9 Å². The maximum Gasteiger partial charge on any atom is 0.306 e. The molecule has 6 nitrogen and oxygen atoms in total. The standard InChI is InChI=1S/C61H104O6/c1-4-7-10-13-16-19-22-25-28-30-33-36-39-42-45-48-51-54-60(63)66-57-58(56-65-59(62)53-50-47-44-41-38-35-32-27-24-21-18-15-12-9-6-3)67-61(64)55-52-49-46-43-40-37-34-31-29-26-23-20-17-14-11-8-5-2/h9,12,16,18-19,21,25-29,32-33,36,58H,4-8,10-11,13-15,17,20,22-24,30-31,34-35,37-57H2,1-3H3/b12-9+,19-16+,21-18+,28-25+,29-26+,32-27+,36-33+/t58-/m1/s1. The van der Waals surface area contributed by atoms with Crippen LogP contribution in [0.1, 0.15) is 265 Å². The van der Waals surface area contributed by atoms with Crippen molar-refractivity contribution in [2.24, 2.45) is 0 Å². The van der Waals surface area contributed by atoms with E-state index in [2.05, 4.69) is 106 Å². The molecule has 67 heavy (non-hydrogen) atoms. The zero-order chi connectivity index (χ0) is 48.6. The van der Waals surface area contributed by atoms with Crippen LogP contribution in [0.25, 0.3) is 0 Å². The molecule has 0 aliphatic rings. The van der Waals surface area contributed by atoms with E-state index < -0.39 is 6.10 Å². The van der Waals surface area contributed by atoms with E-state index in [0.29, 0.717) is 19.3 Å². The molecule has 0 aliphatic heterocycles. The van der Waals surface area contributed by atoms with Gasteiger partial charge in [0.25, 0.3) is 0 Å². The lowest BCUT2D eigenvalue weighted by molar-refractivity contribution is -0.167. The summed E-state index contributed by atoms with van der Waals surface area (Å²) in [4.78, 5) is 38.1. The Hall–Kier alpha value is -3.41. The number of unbranched alkanes of at least 4 members (excludes halogenated alkanes) is 25. The first-order valence-corrected chi connectivity index (χ1v) is 28.1. The Morgan fingerprint density at radius 1 is 0.313 bits per heavy atom. The van der Waals surface area contributed by atoms with Gasteiger partial charge in [0, 0.05) is 19.3 Å². The number of carbonyl (C=O) groups excluding carboxylic acids is 3. The summed E-state index contributed by atoms with van der Waals surface area (Å²) < 4.78 is 16.8. The first-order chi connectivity index (χ1) is 33.0. The van der Waals surface area contributed by atoms with E-state index >= 15 is 0 Å². The predicted octanol–water partition coefficient (Wildman–Crippen LogP) is 18.8. The van der Waals surface area contributed by atoms with Gasteiger partial charge in [-0.3, -0.25) is 14.4 Å². The number of esters is 3. The maximum atomic E-state index is 12.8. The van der Waals surface area contributed by atoms with Crippen molar-refractivity contribution in [2.45, 2.75) is 271 Å². The molecule has 0 aromatic carbocycles. The molecule has 1 atom stereocenters. The number of hydrogen-bond donors (Lipinski definition) is 0. The van der Waals surface area contributed by atoms with Crippen LogP contribution in [0, 0.1) is 0 Å². The van der Waals surface area contributed by atoms with Gasteiger partial charge in [-0.2, -0.15) is 0 Å². The van der Waals surface area contributed by atoms with Crippen molar-refractivity contribution in [2.75, 3.05) is 13.2 Å². The van der Waals surface area contributed by atoms with Gasteiger partial charge < -0.3 is 14.2 Å². The van der Waals surface area contributed by atoms with Gasteiger partial charge in [0.15, 0.2) is 6.10 Å². The first-order valence-electron chi connectivity index (χ1n) is 28.1. The summed E-state index contributed by atoms with van der Waals surface area (Å²) in [5.41, 5.74) is 0. The molecule has 0 N–H and O–H groups in total. The van der Waals surface area contributed by atoms with Gasteiger partial charge in [0.05, 0.1) is 0 Å². The molecule has 0 amide bonds. The van der Waals surface area contributed by atoms with Crippen LogP contribution in [-0.4, -0.2) is 37.2 Å². The third-order valence-corrected chi connectivity index (χ3v) is 11.9. The van der Waals surface area contributed by atoms with Crippen molar-refractivity contribution in [1.82, 2.24) is 0 Å². The minimum Gasteiger partial charge on any atom is -0.462 e. The summed E-state index contributed by atoms with van der Waals surface area (Å²) in [5, 5.41) is 0. The average Bonchev–Trinajstić information content (AvgIpc) is 3.33. The van der Waals surface area contributed by atoms with E-state index in [9.17, 15) is 14.4 Å². The zero-order valence-electron chi connectivity index (χ0n) is 43.9. The van der Waals surface area contributed by atoms with Gasteiger partial charge in [-0.25, -0.2) is 0 Å². The third kappa shape index (κ3) is 53.4. The lowest BCUT2D eigenvalue weighted by atomic mass is 10.1. The highest BCUT2D eigenvalue weighted by atomic mass is 16.6. The fourth-order valence-electron chi connectivity index (χ4n) is 7.63. The van der Waals surface area contributed by atoms with Crippen molar-refractivity contribution in [1.29, 1.82) is 0 Å². The fraction of sp³-hybridized carbons (Fsp3) is 0.721. The molecule has 0 bridgehead atoms. The lowest BCUT2D eigenvalue weighted by Crippen LogP contribution is -2.30. The van der Waals surface area contributed by atoms with Crippen LogP contribution < -0.4 is 0 Å². The van der Waals surface area contributed by atoms with Crippen molar-refractivity contribution < 1.29 is 28.6 Å². The summed E-state index contributed by atoms with van der Waals surface area (Å²) in [6.45, 7) is 6.47. The number of carbonyl (C=O) groups is 3. The van der Waals surface area contributed by atoms with Gasteiger partial charge in [0.1, 0.15) is 13.2 Å². The highest BCUT2D eigenvalue weighted by Gasteiger charge is 2.19. The Bertz CT molecular complexity index is 1300. The van der Waals surface area contributed by atoms with Crippen molar-refractivity contribution in [3.63, 3.8) is 0 Å². The molecule has 0 radical (unpaired) electrons. The van der Waals surface area contributed by atoms with E-state index in [0.717, 1.165) is 122 Å². The lowest BCUT2D eigenvalue weighted by Gasteiger charge is -2.18. The number of rotatable bonds is 50. The molecule has 0 fully saturated rings. The van der Waals surface area contributed by atoms with Crippen LogP contribution in [0.4, 0.5) is 0 Å². The van der Waals surface area contributed by atoms with E-state index in [4.69, 9.17) is 14.2 Å². The molecule has 0 aliphatic carbocycles. The SMILES string of the molecule is CC/C=C/C/C=C/C/C=C/CCCCCCCC(=O)OC[C@H](COC(=O)CCCCCC/C=C/C/C=C/C/C=C/CCCCC)OC(=O)CCCCCCCCC/C=C/CCCCCCCC. The van der Waals surface area contributed by atoms with E-state index in [1.165, 1.54) is 103 Å². The predicted molar refractivity (Wildman–Crippen MR) is 288 cm³/mol. The summed E-state index contributed by atoms with van der Waals surface area (Å²) in [6.07, 6.45) is 71.3. The molecular weight excluding hydrogens is 829 g/mol. The van der Waals surface area contributed by atoms with Crippen molar-refractivity contribution in [3.8, 4) is 0 Å². The van der Waals surface area contributed by atoms with Crippen LogP contribution in [0.2, 0.25) is 0 Å². The molecular formula is C61H104O6. The normalized spacial score (nSPS) is 12.7. The van der Waals surface area contributed by atoms with E-state index in [1.807, 2.05) is 0 Å². The summed E-state index contributed by atoms with van der Waals surface area (Å²) in [7, 11) is 0. The molecule has 0 aromatic heterocycles. The summed E-state index contributed by atoms with van der Waals surface area (Å²) in [5.74, 6) is -0.932. The molecule has 0 aromatic rings. The first kappa shape index (κ1) is 63.6. The molecule has 6 heteroatoms. The Morgan fingerprint density at radius 2 is 0.582 bits per heavy atom. The number of allylic oxidation sites excluding steroid dienone is 14. The molecule has 0 saturated heterocycles. The highest BCUT2D eigenvalue weighted by Crippen LogP contribution is 2.14. The minimum atomic E-state index is -0.796. The van der Waals surface area contributed by atoms with E-state index in [1.54, 1.807) is 0 Å². The maximum absolute atomic E-state index is 12.8. The van der Waals surface area contributed by atoms with Gasteiger partial charge in [-0.1, -0.05) is 215 Å². The van der Waals surface area contributed by atoms with E-state index in [-0.39, 0.29) is 31.1 Å². The molecule has 0 rings (SSSR count). The van der Waals surface area contributed by atoms with Crippen LogP contribution in [0.15, 0.2) is 85.1 Å². The summed E-state index contributed by atoms with van der Waals surface area (Å²) >= 11 is 0. The molecule has 0 spiro atoms. The van der Waals surface area contributed by atoms with Gasteiger partial charge in [0.2, 0.25) is 0 Å². The van der Waals surface area contributed by atoms with Crippen molar-refractivity contribution in [3.05, 3.63) is 85.1 Å². The van der Waals surface area contributed by atoms with Gasteiger partial charge in [-0.15, -0.1) is 0 Å². The Labute approximate surface area is 414 Å². The molecule has 0 saturated carbocycles. The second-order valence-corrected chi connectivity index (χ2v) is 18.5. The highest BCUT2D eigenvalue weighted by molar-refractivity contribution is 5.71. The van der Waals surface area contributed by atoms with Gasteiger partial charge >= 0.3 is 17.9 Å². The molecule has 0 heterocycles. The zero-order valence-corrected chi connectivity index (χ0v) is 43.9. The van der Waals surface area contributed by atoms with Crippen LogP contribution in [-0.2, 0) is 28.6 Å². The van der Waals surface area contributed by atoms with Crippen molar-refractivity contribution >= 4 is 17.9 Å². The number of hydrogen-bond acceptors (Lipinski definition) is 6. The van der Waals surface area contributed by atoms with Crippen LogP contribution >= 0.6 is 0 Å². The molecule has 0 unspecified atom stereocenters. The third-order valence-electron chi connectivity index (χ3n) is 11.9. The Kier molecular flexibility index (Phi) is 52.4. The van der Waals surface area contributed by atoms with Crippen LogP contribution in [0.3, 0.4) is 0 Å². The number of ether oxygens (including phenoxy) is 3. The van der Waals surface area contributed by atoms with Crippen LogP contribution in [0.5, 0.6) is 0 Å². The second-order valence-electron chi connectivity index (χ2n) is 18.5. The summed E-state index contributed by atoms with van der Waals surface area (Å²) in [6, 6.07) is 0.